The summed E-state index contributed by atoms with van der Waals surface area (Å²) in [6, 6.07) is 4.52. The number of aromatic amines is 1. The summed E-state index contributed by atoms with van der Waals surface area (Å²) >= 11 is 4.79. The second-order valence-electron chi connectivity index (χ2n) is 7.71. The van der Waals surface area contributed by atoms with Gasteiger partial charge >= 0.3 is 0 Å². The number of nitrogens with zero attached hydrogens (tertiary/aromatic N) is 4. The predicted octanol–water partition coefficient (Wildman–Crippen LogP) is 5.97. The molecule has 156 valence electrons. The van der Waals surface area contributed by atoms with Crippen molar-refractivity contribution >= 4 is 44.7 Å². The Kier molecular flexibility index (Phi) is 5.51. The third-order valence-electron chi connectivity index (χ3n) is 5.69. The van der Waals surface area contributed by atoms with Crippen molar-refractivity contribution in [1.29, 1.82) is 0 Å². The second-order valence-corrected chi connectivity index (χ2v) is 10.8. The van der Waals surface area contributed by atoms with E-state index in [1.54, 1.807) is 23.1 Å². The third-order valence-corrected chi connectivity index (χ3v) is 8.53. The number of hydrogen-bond donors (Lipinski definition) is 1. The highest BCUT2D eigenvalue weighted by Gasteiger charge is 2.24. The Morgan fingerprint density at radius 3 is 2.83 bits per heavy atom. The molecule has 0 saturated heterocycles. The van der Waals surface area contributed by atoms with Crippen LogP contribution in [0.4, 0.5) is 0 Å². The van der Waals surface area contributed by atoms with Crippen molar-refractivity contribution in [2.45, 2.75) is 62.4 Å². The van der Waals surface area contributed by atoms with Gasteiger partial charge in [-0.25, -0.2) is 4.98 Å². The van der Waals surface area contributed by atoms with Gasteiger partial charge in [-0.1, -0.05) is 37.1 Å². The van der Waals surface area contributed by atoms with Crippen LogP contribution in [-0.2, 0) is 0 Å². The molecule has 4 aromatic heterocycles. The maximum Gasteiger partial charge on any atom is 0.260 e. The van der Waals surface area contributed by atoms with Gasteiger partial charge in [0, 0.05) is 21.9 Å². The van der Waals surface area contributed by atoms with Crippen LogP contribution < -0.4 is 5.56 Å². The maximum atomic E-state index is 12.9. The molecule has 0 amide bonds. The van der Waals surface area contributed by atoms with Crippen LogP contribution in [0.15, 0.2) is 32.8 Å². The van der Waals surface area contributed by atoms with E-state index < -0.39 is 0 Å². The first-order valence-corrected chi connectivity index (χ1v) is 12.9. The first kappa shape index (κ1) is 20.0. The van der Waals surface area contributed by atoms with Crippen molar-refractivity contribution in [3.63, 3.8) is 0 Å². The Hall–Kier alpha value is -1.97. The molecule has 1 aliphatic rings. The molecule has 0 aliphatic heterocycles. The molecule has 0 radical (unpaired) electrons. The molecule has 4 aromatic rings. The molecule has 4 heterocycles. The number of hydrogen-bond acceptors (Lipinski definition) is 7. The minimum Gasteiger partial charge on any atom is -0.309 e. The minimum absolute atomic E-state index is 0.0275. The summed E-state index contributed by atoms with van der Waals surface area (Å²) < 4.78 is 2.29. The highest BCUT2D eigenvalue weighted by molar-refractivity contribution is 7.99. The van der Waals surface area contributed by atoms with E-state index in [0.29, 0.717) is 17.3 Å². The number of aryl methyl sites for hydroxylation is 1. The van der Waals surface area contributed by atoms with Gasteiger partial charge in [-0.05, 0) is 38.1 Å². The molecule has 0 bridgehead atoms. The first-order chi connectivity index (χ1) is 14.6. The maximum absolute atomic E-state index is 12.9. The van der Waals surface area contributed by atoms with Crippen LogP contribution in [0, 0.1) is 6.92 Å². The van der Waals surface area contributed by atoms with Crippen molar-refractivity contribution in [3.05, 3.63) is 44.9 Å². The zero-order valence-corrected chi connectivity index (χ0v) is 19.4. The molecule has 1 fully saturated rings. The average Bonchev–Trinajstić information content (AvgIpc) is 3.48. The Labute approximate surface area is 186 Å². The Balaban J connectivity index is 1.45. The quantitative estimate of drug-likeness (QED) is 0.374. The van der Waals surface area contributed by atoms with Crippen LogP contribution in [0.25, 0.3) is 20.7 Å². The second kappa shape index (κ2) is 8.28. The van der Waals surface area contributed by atoms with E-state index in [4.69, 9.17) is 4.98 Å². The number of rotatable bonds is 5. The van der Waals surface area contributed by atoms with Gasteiger partial charge < -0.3 is 9.55 Å². The first-order valence-electron chi connectivity index (χ1n) is 10.2. The van der Waals surface area contributed by atoms with Crippen molar-refractivity contribution in [3.8, 4) is 10.4 Å². The van der Waals surface area contributed by atoms with E-state index in [2.05, 4.69) is 26.7 Å². The van der Waals surface area contributed by atoms with Gasteiger partial charge in [-0.15, -0.1) is 32.9 Å². The monoisotopic (exact) mass is 457 g/mol. The van der Waals surface area contributed by atoms with Gasteiger partial charge in [0.25, 0.3) is 5.56 Å². The largest absolute Gasteiger partial charge is 0.309 e. The molecule has 9 heteroatoms. The summed E-state index contributed by atoms with van der Waals surface area (Å²) in [5.74, 6) is 1.65. The van der Waals surface area contributed by atoms with Crippen molar-refractivity contribution in [1.82, 2.24) is 24.7 Å². The van der Waals surface area contributed by atoms with Crippen LogP contribution in [0.5, 0.6) is 0 Å². The van der Waals surface area contributed by atoms with E-state index in [1.807, 2.05) is 29.8 Å². The van der Waals surface area contributed by atoms with Crippen LogP contribution in [0.1, 0.15) is 62.0 Å². The Morgan fingerprint density at radius 1 is 1.23 bits per heavy atom. The predicted molar refractivity (Wildman–Crippen MR) is 125 cm³/mol. The summed E-state index contributed by atoms with van der Waals surface area (Å²) in [5.41, 5.74) is 0.898. The van der Waals surface area contributed by atoms with Gasteiger partial charge in [-0.3, -0.25) is 4.79 Å². The summed E-state index contributed by atoms with van der Waals surface area (Å²) in [7, 11) is 0. The zero-order chi connectivity index (χ0) is 20.7. The third kappa shape index (κ3) is 3.63. The molecular weight excluding hydrogens is 434 g/mol. The summed E-state index contributed by atoms with van der Waals surface area (Å²) in [5, 5.41) is 14.4. The van der Waals surface area contributed by atoms with E-state index in [-0.39, 0.29) is 10.8 Å². The van der Waals surface area contributed by atoms with E-state index >= 15 is 0 Å². The molecule has 1 saturated carbocycles. The molecule has 5 rings (SSSR count). The number of thioether (sulfide) groups is 1. The summed E-state index contributed by atoms with van der Waals surface area (Å²) in [4.78, 5) is 22.6. The van der Waals surface area contributed by atoms with Gasteiger partial charge in [0.15, 0.2) is 5.16 Å². The molecule has 6 nitrogen and oxygen atoms in total. The number of fused-ring (bicyclic) bond motifs is 1. The Bertz CT molecular complexity index is 1220. The number of thiophene rings is 2. The normalized spacial score (nSPS) is 16.3. The van der Waals surface area contributed by atoms with Crippen molar-refractivity contribution < 1.29 is 0 Å². The van der Waals surface area contributed by atoms with Gasteiger partial charge in [-0.2, -0.15) is 0 Å². The summed E-state index contributed by atoms with van der Waals surface area (Å²) in [6.45, 7) is 4.10. The van der Waals surface area contributed by atoms with Gasteiger partial charge in [0.1, 0.15) is 16.5 Å². The standard InChI is InChI=1S/C21H23N5OS3/c1-12(30-21-25-24-13(2)26(21)14-7-4-3-5-8-14)18-22-19(27)17-15(11-29-20(17)23-18)16-9-6-10-28-16/h6,9-12,14H,3-5,7-8H2,1-2H3,(H,22,23,27)/t12-/m0/s1. The lowest BCUT2D eigenvalue weighted by Gasteiger charge is -2.25. The average molecular weight is 458 g/mol. The van der Waals surface area contributed by atoms with Gasteiger partial charge in [0.05, 0.1) is 10.6 Å². The fraction of sp³-hybridized carbons (Fsp3) is 0.429. The van der Waals surface area contributed by atoms with Crippen LogP contribution in [0.3, 0.4) is 0 Å². The molecule has 30 heavy (non-hydrogen) atoms. The highest BCUT2D eigenvalue weighted by Crippen LogP contribution is 2.38. The lowest BCUT2D eigenvalue weighted by molar-refractivity contribution is 0.332. The van der Waals surface area contributed by atoms with Gasteiger partial charge in [0.2, 0.25) is 0 Å². The lowest BCUT2D eigenvalue weighted by Crippen LogP contribution is -2.16. The highest BCUT2D eigenvalue weighted by atomic mass is 32.2. The fourth-order valence-electron chi connectivity index (χ4n) is 4.18. The number of H-pyrrole nitrogens is 1. The van der Waals surface area contributed by atoms with E-state index in [9.17, 15) is 4.79 Å². The molecule has 0 aromatic carbocycles. The Morgan fingerprint density at radius 2 is 2.07 bits per heavy atom. The van der Waals surface area contributed by atoms with Crippen LogP contribution in [-0.4, -0.2) is 24.7 Å². The molecular formula is C21H23N5OS3. The molecule has 1 aliphatic carbocycles. The molecule has 1 N–H and O–H groups in total. The SMILES string of the molecule is Cc1nnc(S[C@@H](C)c2nc3scc(-c4cccs4)c3c(=O)[nH]2)n1C1CCCCC1. The molecule has 0 unspecified atom stereocenters. The van der Waals surface area contributed by atoms with Crippen molar-refractivity contribution in [2.24, 2.45) is 0 Å². The lowest BCUT2D eigenvalue weighted by atomic mass is 9.95. The van der Waals surface area contributed by atoms with E-state index in [1.165, 1.54) is 43.4 Å². The van der Waals surface area contributed by atoms with Crippen molar-refractivity contribution in [2.75, 3.05) is 0 Å². The van der Waals surface area contributed by atoms with Crippen LogP contribution in [0.2, 0.25) is 0 Å². The fourth-order valence-corrected chi connectivity index (χ4v) is 6.97. The van der Waals surface area contributed by atoms with Crippen LogP contribution >= 0.6 is 34.4 Å². The summed E-state index contributed by atoms with van der Waals surface area (Å²) in [6.07, 6.45) is 6.21. The molecule has 0 spiro atoms. The smallest absolute Gasteiger partial charge is 0.260 e. The zero-order valence-electron chi connectivity index (χ0n) is 16.9. The number of nitrogens with one attached hydrogen (secondary N) is 1. The minimum atomic E-state index is -0.0722. The van der Waals surface area contributed by atoms with E-state index in [0.717, 1.165) is 26.3 Å². The number of aromatic nitrogens is 5. The molecule has 1 atom stereocenters. The topological polar surface area (TPSA) is 76.5 Å².